The van der Waals surface area contributed by atoms with Crippen LogP contribution in [0.3, 0.4) is 0 Å². The lowest BCUT2D eigenvalue weighted by Crippen LogP contribution is -2.43. The molecule has 0 aliphatic heterocycles. The molecule has 8 nitrogen and oxygen atoms in total. The lowest BCUT2D eigenvalue weighted by atomic mass is 10.3. The second kappa shape index (κ2) is 10.0. The monoisotopic (exact) mass is 289 g/mol. The summed E-state index contributed by atoms with van der Waals surface area (Å²) in [6.07, 6.45) is -0.875. The summed E-state index contributed by atoms with van der Waals surface area (Å²) in [4.78, 5) is 35.3. The third-order valence-electron chi connectivity index (χ3n) is 2.75. The summed E-state index contributed by atoms with van der Waals surface area (Å²) >= 11 is 0. The van der Waals surface area contributed by atoms with E-state index in [1.54, 1.807) is 4.90 Å². The summed E-state index contributed by atoms with van der Waals surface area (Å²) in [6, 6.07) is -0.527. The van der Waals surface area contributed by atoms with Crippen LogP contribution < -0.4 is 10.6 Å². The molecule has 8 heteroatoms. The van der Waals surface area contributed by atoms with Gasteiger partial charge in [-0.25, -0.2) is 9.59 Å². The molecule has 0 aromatic heterocycles. The first kappa shape index (κ1) is 18.2. The van der Waals surface area contributed by atoms with Gasteiger partial charge in [0.05, 0.1) is 6.54 Å². The van der Waals surface area contributed by atoms with Crippen molar-refractivity contribution < 1.29 is 24.2 Å². The van der Waals surface area contributed by atoms with Gasteiger partial charge in [0, 0.05) is 33.2 Å². The van der Waals surface area contributed by atoms with Gasteiger partial charge in [0.25, 0.3) is 0 Å². The van der Waals surface area contributed by atoms with Crippen LogP contribution in [0, 0.1) is 0 Å². The van der Waals surface area contributed by atoms with E-state index in [-0.39, 0.29) is 25.4 Å². The minimum atomic E-state index is -1.15. The number of ether oxygens (including phenoxy) is 1. The van der Waals surface area contributed by atoms with Crippen molar-refractivity contribution in [2.75, 3.05) is 33.3 Å². The number of aliphatic carboxylic acids is 1. The summed E-state index contributed by atoms with van der Waals surface area (Å²) in [6.45, 7) is 5.11. The van der Waals surface area contributed by atoms with Crippen LogP contribution in [0.15, 0.2) is 0 Å². The van der Waals surface area contributed by atoms with Gasteiger partial charge in [-0.05, 0) is 13.8 Å². The summed E-state index contributed by atoms with van der Waals surface area (Å²) in [5, 5.41) is 13.6. The van der Waals surface area contributed by atoms with Crippen LogP contribution in [0.25, 0.3) is 0 Å². The van der Waals surface area contributed by atoms with E-state index in [1.165, 1.54) is 7.11 Å². The highest BCUT2D eigenvalue weighted by Gasteiger charge is 2.17. The zero-order chi connectivity index (χ0) is 15.5. The number of urea groups is 1. The normalized spacial score (nSPS) is 11.6. The van der Waals surface area contributed by atoms with E-state index in [9.17, 15) is 14.4 Å². The average molecular weight is 289 g/mol. The van der Waals surface area contributed by atoms with Crippen molar-refractivity contribution in [3.63, 3.8) is 0 Å². The zero-order valence-electron chi connectivity index (χ0n) is 12.1. The van der Waals surface area contributed by atoms with E-state index in [0.717, 1.165) is 0 Å². The van der Waals surface area contributed by atoms with Gasteiger partial charge in [-0.3, -0.25) is 4.79 Å². The number of hydrogen-bond acceptors (Lipinski definition) is 4. The van der Waals surface area contributed by atoms with E-state index in [4.69, 9.17) is 5.11 Å². The van der Waals surface area contributed by atoms with Crippen molar-refractivity contribution in [2.24, 2.45) is 0 Å². The number of carbonyl (C=O) groups excluding carboxylic acids is 2. The van der Waals surface area contributed by atoms with Crippen LogP contribution in [0.1, 0.15) is 20.3 Å². The first-order valence-electron chi connectivity index (χ1n) is 6.51. The fourth-order valence-electron chi connectivity index (χ4n) is 1.54. The number of nitrogens with one attached hydrogen (secondary N) is 2. The van der Waals surface area contributed by atoms with E-state index in [2.05, 4.69) is 15.4 Å². The maximum absolute atomic E-state index is 11.6. The van der Waals surface area contributed by atoms with Crippen LogP contribution in [0.5, 0.6) is 0 Å². The highest BCUT2D eigenvalue weighted by molar-refractivity contribution is 5.79. The zero-order valence-corrected chi connectivity index (χ0v) is 12.1. The smallest absolute Gasteiger partial charge is 0.334 e. The topological polar surface area (TPSA) is 108 Å². The molecule has 116 valence electrons. The minimum absolute atomic E-state index is 0.0318. The van der Waals surface area contributed by atoms with Gasteiger partial charge in [0.2, 0.25) is 5.91 Å². The minimum Gasteiger partial charge on any atom is -0.479 e. The van der Waals surface area contributed by atoms with Crippen LogP contribution in [0.2, 0.25) is 0 Å². The van der Waals surface area contributed by atoms with Crippen molar-refractivity contribution in [3.8, 4) is 0 Å². The molecule has 0 heterocycles. The Morgan fingerprint density at radius 3 is 2.25 bits per heavy atom. The molecule has 3 N–H and O–H groups in total. The maximum Gasteiger partial charge on any atom is 0.334 e. The molecule has 0 aromatic rings. The Labute approximate surface area is 118 Å². The lowest BCUT2D eigenvalue weighted by Gasteiger charge is -2.18. The maximum atomic E-state index is 11.6. The first-order chi connectivity index (χ1) is 9.46. The molecule has 3 amide bonds. The molecule has 0 aromatic carbocycles. The molecule has 0 bridgehead atoms. The van der Waals surface area contributed by atoms with E-state index < -0.39 is 18.1 Å². The van der Waals surface area contributed by atoms with E-state index in [1.807, 2.05) is 13.8 Å². The van der Waals surface area contributed by atoms with Crippen LogP contribution >= 0.6 is 0 Å². The SMILES string of the molecule is CCN(CC)C(=O)CCNC(=O)NCC(OC)C(=O)O. The van der Waals surface area contributed by atoms with Gasteiger partial charge in [0.15, 0.2) is 6.10 Å². The van der Waals surface area contributed by atoms with Crippen molar-refractivity contribution >= 4 is 17.9 Å². The van der Waals surface area contributed by atoms with Crippen molar-refractivity contribution in [2.45, 2.75) is 26.4 Å². The third kappa shape index (κ3) is 6.93. The Hall–Kier alpha value is -1.83. The predicted molar refractivity (Wildman–Crippen MR) is 72.4 cm³/mol. The second-order valence-electron chi connectivity index (χ2n) is 4.02. The van der Waals surface area contributed by atoms with Gasteiger partial charge in [-0.2, -0.15) is 0 Å². The Morgan fingerprint density at radius 1 is 1.20 bits per heavy atom. The van der Waals surface area contributed by atoms with Gasteiger partial charge >= 0.3 is 12.0 Å². The number of nitrogens with zero attached hydrogens (tertiary/aromatic N) is 1. The van der Waals surface area contributed by atoms with Crippen molar-refractivity contribution in [3.05, 3.63) is 0 Å². The van der Waals surface area contributed by atoms with Gasteiger partial charge in [0.1, 0.15) is 0 Å². The van der Waals surface area contributed by atoms with Crippen LogP contribution in [0.4, 0.5) is 4.79 Å². The number of carboxylic acids is 1. The Morgan fingerprint density at radius 2 is 1.80 bits per heavy atom. The van der Waals surface area contributed by atoms with Gasteiger partial charge < -0.3 is 25.4 Å². The molecule has 1 atom stereocenters. The Balaban J connectivity index is 3.89. The largest absolute Gasteiger partial charge is 0.479 e. The number of carbonyl (C=O) groups is 3. The average Bonchev–Trinajstić information content (AvgIpc) is 2.40. The summed E-state index contributed by atoms with van der Waals surface area (Å²) in [5.74, 6) is -1.18. The summed E-state index contributed by atoms with van der Waals surface area (Å²) in [7, 11) is 1.25. The standard InChI is InChI=1S/C12H23N3O5/c1-4-15(5-2)10(16)6-7-13-12(19)14-8-9(20-3)11(17)18/h9H,4-8H2,1-3H3,(H,17,18)(H2,13,14,19). The highest BCUT2D eigenvalue weighted by Crippen LogP contribution is 1.92. The predicted octanol–water partition coefficient (Wildman–Crippen LogP) is -0.356. The van der Waals surface area contributed by atoms with Crippen molar-refractivity contribution in [1.82, 2.24) is 15.5 Å². The van der Waals surface area contributed by atoms with Gasteiger partial charge in [-0.1, -0.05) is 0 Å². The number of amides is 3. The molecule has 20 heavy (non-hydrogen) atoms. The van der Waals surface area contributed by atoms with Crippen LogP contribution in [-0.2, 0) is 14.3 Å². The second-order valence-corrected chi connectivity index (χ2v) is 4.02. The number of rotatable bonds is 9. The lowest BCUT2D eigenvalue weighted by molar-refractivity contribution is -0.148. The number of carboxylic acid groups (broad SMARTS) is 1. The summed E-state index contributed by atoms with van der Waals surface area (Å²) < 4.78 is 4.66. The molecule has 0 aliphatic carbocycles. The molecule has 0 radical (unpaired) electrons. The number of methoxy groups -OCH3 is 1. The quantitative estimate of drug-likeness (QED) is 0.537. The molecule has 0 fully saturated rings. The first-order valence-corrected chi connectivity index (χ1v) is 6.51. The molecule has 0 spiro atoms. The van der Waals surface area contributed by atoms with E-state index in [0.29, 0.717) is 13.1 Å². The van der Waals surface area contributed by atoms with E-state index >= 15 is 0 Å². The fourth-order valence-corrected chi connectivity index (χ4v) is 1.54. The summed E-state index contributed by atoms with van der Waals surface area (Å²) in [5.41, 5.74) is 0. The van der Waals surface area contributed by atoms with Crippen molar-refractivity contribution in [1.29, 1.82) is 0 Å². The Kier molecular flexibility index (Phi) is 9.10. The molecule has 1 unspecified atom stereocenters. The highest BCUT2D eigenvalue weighted by atomic mass is 16.5. The molecule has 0 saturated carbocycles. The van der Waals surface area contributed by atoms with Gasteiger partial charge in [-0.15, -0.1) is 0 Å². The molecular weight excluding hydrogens is 266 g/mol. The molecule has 0 saturated heterocycles. The van der Waals surface area contributed by atoms with Crippen LogP contribution in [-0.4, -0.2) is 67.3 Å². The molecule has 0 aliphatic rings. The number of hydrogen-bond donors (Lipinski definition) is 3. The molecule has 0 rings (SSSR count). The Bertz CT molecular complexity index is 331. The third-order valence-corrected chi connectivity index (χ3v) is 2.75. The fraction of sp³-hybridized carbons (Fsp3) is 0.750. The molecular formula is C12H23N3O5.